The molecule has 2 nitrogen and oxygen atoms in total. The first-order valence-corrected chi connectivity index (χ1v) is 6.11. The minimum atomic E-state index is 0.901. The van der Waals surface area contributed by atoms with Crippen molar-refractivity contribution in [2.24, 2.45) is 0 Å². The molecule has 0 saturated heterocycles. The number of H-pyrrole nitrogens is 1. The van der Waals surface area contributed by atoms with Gasteiger partial charge in [-0.15, -0.1) is 0 Å². The number of halogens is 1. The van der Waals surface area contributed by atoms with Crippen LogP contribution in [0.1, 0.15) is 27.9 Å². The summed E-state index contributed by atoms with van der Waals surface area (Å²) in [5, 5.41) is 0. The summed E-state index contributed by atoms with van der Waals surface area (Å²) in [6.07, 6.45) is 2.62. The van der Waals surface area contributed by atoms with E-state index >= 15 is 0 Å². The second kappa shape index (κ2) is 4.42. The predicted octanol–water partition coefficient (Wildman–Crippen LogP) is 3.69. The van der Waals surface area contributed by atoms with Crippen molar-refractivity contribution >= 4 is 15.9 Å². The second-order valence-electron chi connectivity index (χ2n) is 4.23. The van der Waals surface area contributed by atoms with E-state index in [9.17, 15) is 0 Å². The second-order valence-corrected chi connectivity index (χ2v) is 4.98. The van der Waals surface area contributed by atoms with Gasteiger partial charge in [-0.2, -0.15) is 0 Å². The van der Waals surface area contributed by atoms with Crippen LogP contribution in [0.3, 0.4) is 0 Å². The predicted molar refractivity (Wildman–Crippen MR) is 69.7 cm³/mol. The number of benzene rings is 1. The molecule has 16 heavy (non-hydrogen) atoms. The van der Waals surface area contributed by atoms with Gasteiger partial charge in [0.05, 0.1) is 12.0 Å². The van der Waals surface area contributed by atoms with Crippen molar-refractivity contribution in [2.45, 2.75) is 27.2 Å². The van der Waals surface area contributed by atoms with E-state index in [4.69, 9.17) is 0 Å². The molecule has 0 unspecified atom stereocenters. The van der Waals surface area contributed by atoms with Gasteiger partial charge >= 0.3 is 0 Å². The monoisotopic (exact) mass is 278 g/mol. The molecule has 0 aliphatic rings. The van der Waals surface area contributed by atoms with Crippen LogP contribution in [0.2, 0.25) is 0 Å². The van der Waals surface area contributed by atoms with Crippen LogP contribution in [0, 0.1) is 20.8 Å². The van der Waals surface area contributed by atoms with E-state index in [-0.39, 0.29) is 0 Å². The van der Waals surface area contributed by atoms with Gasteiger partial charge < -0.3 is 4.98 Å². The fourth-order valence-electron chi connectivity index (χ4n) is 2.09. The molecule has 0 saturated carbocycles. The molecular weight excluding hydrogens is 264 g/mol. The average Bonchev–Trinajstić information content (AvgIpc) is 2.57. The van der Waals surface area contributed by atoms with E-state index in [0.717, 1.165) is 16.7 Å². The van der Waals surface area contributed by atoms with Crippen molar-refractivity contribution in [3.8, 4) is 0 Å². The molecule has 3 heteroatoms. The van der Waals surface area contributed by atoms with E-state index in [1.165, 1.54) is 22.3 Å². The van der Waals surface area contributed by atoms with Crippen molar-refractivity contribution in [1.29, 1.82) is 0 Å². The van der Waals surface area contributed by atoms with Gasteiger partial charge in [0, 0.05) is 6.42 Å². The molecule has 2 aromatic rings. The minimum Gasteiger partial charge on any atom is -0.347 e. The number of imidazole rings is 1. The Balaban J connectivity index is 2.39. The standard InChI is InChI=1S/C13H15BrN2/c1-8-4-9(2)11(10(3)5-8)6-12-13(14)16-7-15-12/h4-5,7H,6H2,1-3H3,(H,15,16). The summed E-state index contributed by atoms with van der Waals surface area (Å²) in [6.45, 7) is 6.47. The third-order valence-electron chi connectivity index (χ3n) is 2.86. The Kier molecular flexibility index (Phi) is 3.15. The molecular formula is C13H15BrN2. The van der Waals surface area contributed by atoms with Gasteiger partial charge in [-0.1, -0.05) is 17.7 Å². The van der Waals surface area contributed by atoms with Gasteiger partial charge in [0.2, 0.25) is 0 Å². The number of hydrogen-bond acceptors (Lipinski definition) is 1. The molecule has 0 aliphatic carbocycles. The maximum atomic E-state index is 4.15. The Hall–Kier alpha value is -1.09. The average molecular weight is 279 g/mol. The molecule has 0 fully saturated rings. The first kappa shape index (κ1) is 11.4. The fraction of sp³-hybridized carbons (Fsp3) is 0.308. The lowest BCUT2D eigenvalue weighted by atomic mass is 9.96. The van der Waals surface area contributed by atoms with Crippen LogP contribution in [0.4, 0.5) is 0 Å². The molecule has 0 aliphatic heterocycles. The lowest BCUT2D eigenvalue weighted by molar-refractivity contribution is 1.05. The zero-order valence-electron chi connectivity index (χ0n) is 9.76. The summed E-state index contributed by atoms with van der Waals surface area (Å²) in [5.74, 6) is 0. The van der Waals surface area contributed by atoms with Crippen molar-refractivity contribution in [1.82, 2.24) is 9.97 Å². The van der Waals surface area contributed by atoms with Crippen molar-refractivity contribution in [2.75, 3.05) is 0 Å². The highest BCUT2D eigenvalue weighted by molar-refractivity contribution is 9.10. The van der Waals surface area contributed by atoms with Crippen LogP contribution in [-0.2, 0) is 6.42 Å². The van der Waals surface area contributed by atoms with Gasteiger partial charge in [0.25, 0.3) is 0 Å². The first-order valence-electron chi connectivity index (χ1n) is 5.32. The largest absolute Gasteiger partial charge is 0.347 e. The molecule has 1 aromatic heterocycles. The van der Waals surface area contributed by atoms with Gasteiger partial charge in [0.1, 0.15) is 4.60 Å². The van der Waals surface area contributed by atoms with E-state index in [1.54, 1.807) is 6.33 Å². The maximum Gasteiger partial charge on any atom is 0.127 e. The summed E-state index contributed by atoms with van der Waals surface area (Å²) in [5.41, 5.74) is 6.53. The van der Waals surface area contributed by atoms with Crippen molar-refractivity contribution in [3.63, 3.8) is 0 Å². The summed E-state index contributed by atoms with van der Waals surface area (Å²) < 4.78 is 0.909. The Morgan fingerprint density at radius 1 is 1.19 bits per heavy atom. The molecule has 2 rings (SSSR count). The van der Waals surface area contributed by atoms with Gasteiger partial charge in [-0.3, -0.25) is 0 Å². The lowest BCUT2D eigenvalue weighted by Gasteiger charge is -2.10. The van der Waals surface area contributed by atoms with Crippen LogP contribution in [0.15, 0.2) is 23.1 Å². The smallest absolute Gasteiger partial charge is 0.127 e. The molecule has 1 N–H and O–H groups in total. The van der Waals surface area contributed by atoms with Gasteiger partial charge in [0.15, 0.2) is 0 Å². The van der Waals surface area contributed by atoms with Gasteiger partial charge in [-0.25, -0.2) is 4.98 Å². The third kappa shape index (κ3) is 2.19. The lowest BCUT2D eigenvalue weighted by Crippen LogP contribution is -1.97. The van der Waals surface area contributed by atoms with Crippen LogP contribution >= 0.6 is 15.9 Å². The van der Waals surface area contributed by atoms with E-state index in [0.29, 0.717) is 0 Å². The van der Waals surface area contributed by atoms with Crippen molar-refractivity contribution < 1.29 is 0 Å². The van der Waals surface area contributed by atoms with E-state index in [2.05, 4.69) is 58.8 Å². The Morgan fingerprint density at radius 3 is 2.31 bits per heavy atom. The van der Waals surface area contributed by atoms with Gasteiger partial charge in [-0.05, 0) is 53.4 Å². The van der Waals surface area contributed by atoms with Crippen LogP contribution in [0.25, 0.3) is 0 Å². The molecule has 0 bridgehead atoms. The Labute approximate surface area is 104 Å². The molecule has 0 atom stereocenters. The first-order chi connectivity index (χ1) is 7.58. The number of nitrogens with one attached hydrogen (secondary N) is 1. The summed E-state index contributed by atoms with van der Waals surface area (Å²) in [4.78, 5) is 7.32. The highest BCUT2D eigenvalue weighted by Crippen LogP contribution is 2.22. The van der Waals surface area contributed by atoms with Crippen LogP contribution in [-0.4, -0.2) is 9.97 Å². The molecule has 0 spiro atoms. The number of aryl methyl sites for hydroxylation is 3. The fourth-order valence-corrected chi connectivity index (χ4v) is 2.45. The minimum absolute atomic E-state index is 0.901. The zero-order chi connectivity index (χ0) is 11.7. The van der Waals surface area contributed by atoms with E-state index < -0.39 is 0 Å². The molecule has 84 valence electrons. The number of rotatable bonds is 2. The third-order valence-corrected chi connectivity index (χ3v) is 3.54. The highest BCUT2D eigenvalue weighted by Gasteiger charge is 2.08. The normalized spacial score (nSPS) is 10.8. The molecule has 1 heterocycles. The van der Waals surface area contributed by atoms with E-state index in [1.807, 2.05) is 0 Å². The molecule has 0 radical (unpaired) electrons. The number of nitrogens with zero attached hydrogens (tertiary/aromatic N) is 1. The van der Waals surface area contributed by atoms with Crippen molar-refractivity contribution in [3.05, 3.63) is 51.0 Å². The zero-order valence-corrected chi connectivity index (χ0v) is 11.4. The van der Waals surface area contributed by atoms with Crippen LogP contribution < -0.4 is 0 Å². The molecule has 0 amide bonds. The summed E-state index contributed by atoms with van der Waals surface area (Å²) in [6, 6.07) is 4.46. The molecule has 1 aromatic carbocycles. The number of aromatic amines is 1. The topological polar surface area (TPSA) is 28.7 Å². The summed E-state index contributed by atoms with van der Waals surface area (Å²) >= 11 is 3.44. The quantitative estimate of drug-likeness (QED) is 0.892. The number of aromatic nitrogens is 2. The highest BCUT2D eigenvalue weighted by atomic mass is 79.9. The maximum absolute atomic E-state index is 4.15. The van der Waals surface area contributed by atoms with Crippen LogP contribution in [0.5, 0.6) is 0 Å². The Morgan fingerprint density at radius 2 is 1.81 bits per heavy atom. The summed E-state index contributed by atoms with van der Waals surface area (Å²) in [7, 11) is 0. The Bertz CT molecular complexity index is 491. The number of hydrogen-bond donors (Lipinski definition) is 1. The SMILES string of the molecule is Cc1cc(C)c(Cc2[nH]cnc2Br)c(C)c1.